The van der Waals surface area contributed by atoms with Gasteiger partial charge in [0.1, 0.15) is 5.82 Å². The van der Waals surface area contributed by atoms with Crippen LogP contribution in [-0.2, 0) is 6.54 Å². The molecule has 2 aliphatic heterocycles. The number of hydrogen-bond donors (Lipinski definition) is 2. The van der Waals surface area contributed by atoms with Crippen LogP contribution in [0.2, 0.25) is 0 Å². The molecule has 0 radical (unpaired) electrons. The van der Waals surface area contributed by atoms with Crippen LogP contribution in [0.4, 0.5) is 5.95 Å². The Balaban J connectivity index is 1.75. The van der Waals surface area contributed by atoms with Crippen molar-refractivity contribution in [2.45, 2.75) is 25.4 Å². The summed E-state index contributed by atoms with van der Waals surface area (Å²) in [6.45, 7) is 4.12. The van der Waals surface area contributed by atoms with Gasteiger partial charge in [-0.05, 0) is 32.9 Å². The molecule has 100 valence electrons. The summed E-state index contributed by atoms with van der Waals surface area (Å²) in [6.07, 6.45) is 2.59. The number of aromatic nitrogens is 3. The predicted octanol–water partition coefficient (Wildman–Crippen LogP) is 0.0545. The number of piperidine rings is 1. The first-order chi connectivity index (χ1) is 8.74. The Bertz CT molecular complexity index is 401. The summed E-state index contributed by atoms with van der Waals surface area (Å²) in [5.41, 5.74) is 0. The molecule has 2 fully saturated rings. The van der Waals surface area contributed by atoms with Gasteiger partial charge in [-0.2, -0.15) is 4.98 Å². The van der Waals surface area contributed by atoms with Crippen molar-refractivity contribution in [2.75, 3.05) is 38.6 Å². The zero-order chi connectivity index (χ0) is 12.5. The lowest BCUT2D eigenvalue weighted by Crippen LogP contribution is -2.45. The van der Waals surface area contributed by atoms with E-state index in [0.29, 0.717) is 6.04 Å². The smallest absolute Gasteiger partial charge is 0.245 e. The van der Waals surface area contributed by atoms with Crippen molar-refractivity contribution in [2.24, 2.45) is 5.92 Å². The third-order valence-corrected chi connectivity index (χ3v) is 3.92. The molecule has 0 aromatic carbocycles. The molecule has 0 saturated carbocycles. The molecule has 6 heteroatoms. The number of anilines is 1. The topological polar surface area (TPSA) is 60.1 Å². The van der Waals surface area contributed by atoms with Crippen molar-refractivity contribution in [3.05, 3.63) is 5.82 Å². The minimum Gasteiger partial charge on any atom is -0.335 e. The zero-order valence-corrected chi connectivity index (χ0v) is 11.2. The SMILES string of the molecule is CN(C)Cc1nc(N2CCCC3CNCC32)n[nH]1. The van der Waals surface area contributed by atoms with Gasteiger partial charge in [0.2, 0.25) is 5.95 Å². The highest BCUT2D eigenvalue weighted by Crippen LogP contribution is 2.28. The van der Waals surface area contributed by atoms with Crippen molar-refractivity contribution in [3.8, 4) is 0 Å². The Morgan fingerprint density at radius 1 is 1.39 bits per heavy atom. The summed E-state index contributed by atoms with van der Waals surface area (Å²) in [4.78, 5) is 9.10. The highest BCUT2D eigenvalue weighted by molar-refractivity contribution is 5.33. The van der Waals surface area contributed by atoms with Gasteiger partial charge in [-0.1, -0.05) is 0 Å². The molecule has 3 rings (SSSR count). The largest absolute Gasteiger partial charge is 0.335 e. The van der Waals surface area contributed by atoms with Crippen LogP contribution in [0.25, 0.3) is 0 Å². The summed E-state index contributed by atoms with van der Waals surface area (Å²) >= 11 is 0. The number of rotatable bonds is 3. The van der Waals surface area contributed by atoms with E-state index in [1.807, 2.05) is 14.1 Å². The molecule has 2 aliphatic rings. The lowest BCUT2D eigenvalue weighted by molar-refractivity contribution is 0.380. The standard InChI is InChI=1S/C12H22N6/c1-17(2)8-11-14-12(16-15-11)18-5-3-4-9-6-13-7-10(9)18/h9-10,13H,3-8H2,1-2H3,(H,14,15,16). The van der Waals surface area contributed by atoms with Crippen LogP contribution in [0.3, 0.4) is 0 Å². The molecule has 2 unspecified atom stereocenters. The molecule has 1 aromatic heterocycles. The van der Waals surface area contributed by atoms with Gasteiger partial charge >= 0.3 is 0 Å². The van der Waals surface area contributed by atoms with Gasteiger partial charge in [0.25, 0.3) is 0 Å². The monoisotopic (exact) mass is 250 g/mol. The molecule has 6 nitrogen and oxygen atoms in total. The van der Waals surface area contributed by atoms with Crippen LogP contribution in [0, 0.1) is 5.92 Å². The van der Waals surface area contributed by atoms with E-state index in [-0.39, 0.29) is 0 Å². The fourth-order valence-corrected chi connectivity index (χ4v) is 3.10. The van der Waals surface area contributed by atoms with Crippen LogP contribution in [0.5, 0.6) is 0 Å². The first-order valence-electron chi connectivity index (χ1n) is 6.77. The Hall–Kier alpha value is -1.14. The average molecular weight is 250 g/mol. The van der Waals surface area contributed by atoms with Gasteiger partial charge in [0.15, 0.2) is 0 Å². The molecular formula is C12H22N6. The fourth-order valence-electron chi connectivity index (χ4n) is 3.10. The van der Waals surface area contributed by atoms with Gasteiger partial charge in [0, 0.05) is 25.7 Å². The van der Waals surface area contributed by atoms with Crippen molar-refractivity contribution >= 4 is 5.95 Å². The van der Waals surface area contributed by atoms with E-state index in [2.05, 4.69) is 30.3 Å². The molecule has 18 heavy (non-hydrogen) atoms. The van der Waals surface area contributed by atoms with Crippen LogP contribution >= 0.6 is 0 Å². The number of nitrogens with zero attached hydrogens (tertiary/aromatic N) is 4. The molecule has 2 N–H and O–H groups in total. The third kappa shape index (κ3) is 2.22. The van der Waals surface area contributed by atoms with Crippen LogP contribution in [-0.4, -0.2) is 59.9 Å². The summed E-state index contributed by atoms with van der Waals surface area (Å²) in [6, 6.07) is 0.585. The van der Waals surface area contributed by atoms with Gasteiger partial charge in [-0.3, -0.25) is 5.10 Å². The van der Waals surface area contributed by atoms with E-state index in [4.69, 9.17) is 0 Å². The van der Waals surface area contributed by atoms with E-state index >= 15 is 0 Å². The first-order valence-corrected chi connectivity index (χ1v) is 6.77. The van der Waals surface area contributed by atoms with Crippen LogP contribution in [0.1, 0.15) is 18.7 Å². The minimum absolute atomic E-state index is 0.585. The highest BCUT2D eigenvalue weighted by atomic mass is 15.4. The minimum atomic E-state index is 0.585. The highest BCUT2D eigenvalue weighted by Gasteiger charge is 2.36. The molecule has 1 aromatic rings. The van der Waals surface area contributed by atoms with E-state index in [0.717, 1.165) is 43.9 Å². The second-order valence-electron chi connectivity index (χ2n) is 5.64. The second-order valence-corrected chi connectivity index (χ2v) is 5.64. The first kappa shape index (κ1) is 11.9. The van der Waals surface area contributed by atoms with E-state index < -0.39 is 0 Å². The van der Waals surface area contributed by atoms with Crippen molar-refractivity contribution in [3.63, 3.8) is 0 Å². The maximum atomic E-state index is 4.62. The Morgan fingerprint density at radius 3 is 3.11 bits per heavy atom. The molecule has 0 bridgehead atoms. The Morgan fingerprint density at radius 2 is 2.28 bits per heavy atom. The lowest BCUT2D eigenvalue weighted by Gasteiger charge is -2.36. The molecule has 0 amide bonds. The second kappa shape index (κ2) is 4.85. The lowest BCUT2D eigenvalue weighted by atomic mass is 9.92. The number of fused-ring (bicyclic) bond motifs is 1. The van der Waals surface area contributed by atoms with Gasteiger partial charge in [-0.15, -0.1) is 5.10 Å². The predicted molar refractivity (Wildman–Crippen MR) is 70.5 cm³/mol. The maximum Gasteiger partial charge on any atom is 0.245 e. The number of hydrogen-bond acceptors (Lipinski definition) is 5. The summed E-state index contributed by atoms with van der Waals surface area (Å²) < 4.78 is 0. The number of H-pyrrole nitrogens is 1. The van der Waals surface area contributed by atoms with Gasteiger partial charge in [0.05, 0.1) is 6.54 Å². The molecule has 0 aliphatic carbocycles. The molecular weight excluding hydrogens is 228 g/mol. The van der Waals surface area contributed by atoms with Crippen molar-refractivity contribution < 1.29 is 0 Å². The molecule has 2 saturated heterocycles. The van der Waals surface area contributed by atoms with Gasteiger partial charge < -0.3 is 15.1 Å². The molecule has 0 spiro atoms. The van der Waals surface area contributed by atoms with E-state index in [1.54, 1.807) is 0 Å². The normalized spacial score (nSPS) is 27.8. The summed E-state index contributed by atoms with van der Waals surface area (Å²) in [5.74, 6) is 2.60. The quantitative estimate of drug-likeness (QED) is 0.794. The zero-order valence-electron chi connectivity index (χ0n) is 11.2. The number of aromatic amines is 1. The summed E-state index contributed by atoms with van der Waals surface area (Å²) in [5, 5.41) is 10.9. The molecule has 3 heterocycles. The average Bonchev–Trinajstić information content (AvgIpc) is 2.95. The third-order valence-electron chi connectivity index (χ3n) is 3.92. The molecule has 2 atom stereocenters. The number of nitrogens with one attached hydrogen (secondary N) is 2. The maximum absolute atomic E-state index is 4.62. The van der Waals surface area contributed by atoms with E-state index in [1.165, 1.54) is 12.8 Å². The Kier molecular flexibility index (Phi) is 3.22. The van der Waals surface area contributed by atoms with Crippen molar-refractivity contribution in [1.82, 2.24) is 25.4 Å². The van der Waals surface area contributed by atoms with Crippen LogP contribution < -0.4 is 10.2 Å². The summed E-state index contributed by atoms with van der Waals surface area (Å²) in [7, 11) is 4.08. The fraction of sp³-hybridized carbons (Fsp3) is 0.833. The van der Waals surface area contributed by atoms with Gasteiger partial charge in [-0.25, -0.2) is 0 Å². The van der Waals surface area contributed by atoms with Crippen molar-refractivity contribution in [1.29, 1.82) is 0 Å². The van der Waals surface area contributed by atoms with Crippen LogP contribution in [0.15, 0.2) is 0 Å². The van der Waals surface area contributed by atoms with E-state index in [9.17, 15) is 0 Å². The Labute approximate surface area is 108 Å².